The predicted octanol–water partition coefficient (Wildman–Crippen LogP) is 2.10. The summed E-state index contributed by atoms with van der Waals surface area (Å²) in [5.74, 6) is -12.9. The van der Waals surface area contributed by atoms with Crippen LogP contribution in [0.3, 0.4) is 0 Å². The first-order valence-corrected chi connectivity index (χ1v) is 13.0. The van der Waals surface area contributed by atoms with E-state index in [1.54, 1.807) is 12.1 Å². The second kappa shape index (κ2) is 12.5. The number of rotatable bonds is 8. The number of esters is 5. The molecule has 13 nitrogen and oxygen atoms in total. The van der Waals surface area contributed by atoms with Crippen molar-refractivity contribution in [3.63, 3.8) is 0 Å². The van der Waals surface area contributed by atoms with Gasteiger partial charge in [0.1, 0.15) is 28.8 Å². The van der Waals surface area contributed by atoms with Gasteiger partial charge in [-0.15, -0.1) is 0 Å². The third-order valence-electron chi connectivity index (χ3n) is 7.90. The molecule has 6 atom stereocenters. The Morgan fingerprint density at radius 1 is 0.860 bits per heavy atom. The lowest BCUT2D eigenvalue weighted by atomic mass is 9.49. The van der Waals surface area contributed by atoms with Crippen LogP contribution in [0.4, 0.5) is 0 Å². The largest absolute Gasteiger partial charge is 0.511 e. The number of carbonyl (C=O) groups is 5. The molecular formula is C30H30O13. The molecule has 228 valence electrons. The average Bonchev–Trinajstić information content (AvgIpc) is 3.53. The first kappa shape index (κ1) is 31.0. The fraction of sp³-hybridized carbons (Fsp3) is 0.367. The molecule has 13 heteroatoms. The molecule has 0 radical (unpaired) electrons. The van der Waals surface area contributed by atoms with Crippen molar-refractivity contribution >= 4 is 35.9 Å². The average molecular weight is 599 g/mol. The number of ether oxygens (including phenoxy) is 5. The van der Waals surface area contributed by atoms with Gasteiger partial charge in [0.05, 0.1) is 52.1 Å². The highest BCUT2D eigenvalue weighted by Gasteiger charge is 2.71. The third-order valence-corrected chi connectivity index (χ3v) is 7.90. The van der Waals surface area contributed by atoms with Gasteiger partial charge in [0.2, 0.25) is 0 Å². The van der Waals surface area contributed by atoms with Crippen LogP contribution in [0.2, 0.25) is 0 Å². The van der Waals surface area contributed by atoms with E-state index in [-0.39, 0.29) is 12.2 Å². The highest BCUT2D eigenvalue weighted by atomic mass is 16.5. The maximum Gasteiger partial charge on any atom is 0.337 e. The summed E-state index contributed by atoms with van der Waals surface area (Å²) in [6.45, 7) is 0. The van der Waals surface area contributed by atoms with E-state index in [9.17, 15) is 34.2 Å². The monoisotopic (exact) mass is 598 g/mol. The second-order valence-electron chi connectivity index (χ2n) is 9.92. The molecule has 2 N–H and O–H groups in total. The smallest absolute Gasteiger partial charge is 0.337 e. The predicted molar refractivity (Wildman–Crippen MR) is 144 cm³/mol. The number of hydrogen-bond acceptors (Lipinski definition) is 13. The Morgan fingerprint density at radius 3 is 2.00 bits per heavy atom. The summed E-state index contributed by atoms with van der Waals surface area (Å²) in [5.41, 5.74) is -2.69. The fourth-order valence-electron chi connectivity index (χ4n) is 6.13. The third kappa shape index (κ3) is 5.50. The molecule has 2 bridgehead atoms. The number of hydrogen-bond donors (Lipinski definition) is 2. The van der Waals surface area contributed by atoms with Crippen LogP contribution in [0, 0.1) is 23.7 Å². The van der Waals surface area contributed by atoms with Gasteiger partial charge in [-0.3, -0.25) is 14.4 Å². The normalized spacial score (nSPS) is 26.4. The van der Waals surface area contributed by atoms with Crippen molar-refractivity contribution in [1.82, 2.24) is 0 Å². The van der Waals surface area contributed by atoms with E-state index in [2.05, 4.69) is 0 Å². The Kier molecular flexibility index (Phi) is 9.04. The van der Waals surface area contributed by atoms with Crippen LogP contribution in [0.5, 0.6) is 5.75 Å². The van der Waals surface area contributed by atoms with Crippen molar-refractivity contribution < 1.29 is 62.3 Å². The summed E-state index contributed by atoms with van der Waals surface area (Å²) in [4.78, 5) is 64.8. The Morgan fingerprint density at radius 2 is 1.47 bits per heavy atom. The SMILES string of the molecule is COC(=O)C1=C(O)[C@H](C(=O)OC)[C@]2(O)[C@@H](C(=O)OC)[C@H]1C[C@@H](c1ccc(OC(=O)/C=C/c3ccco3)cc1)[C@@H]2C(=O)OC. The molecule has 1 fully saturated rings. The molecule has 43 heavy (non-hydrogen) atoms. The Labute approximate surface area is 245 Å². The van der Waals surface area contributed by atoms with E-state index in [0.717, 1.165) is 28.4 Å². The minimum absolute atomic E-state index is 0.148. The van der Waals surface area contributed by atoms with Crippen LogP contribution < -0.4 is 4.74 Å². The molecule has 4 rings (SSSR count). The zero-order valence-electron chi connectivity index (χ0n) is 23.7. The maximum atomic E-state index is 13.4. The standard InChI is InChI=1S/C30H30O13/c1-38-26(33)21-19-14-18(15-7-9-17(10-8-15)43-20(31)12-11-16-6-5-13-42-16)22(27(34)39-2)30(37,23(19)28(35)40-3)24(25(21)32)29(36)41-4/h5-13,18-19,22-24,32,37H,14H2,1-4H3/b12-11+/t18-,19-,22+,23+,24+,30+/m0/s1. The van der Waals surface area contributed by atoms with E-state index >= 15 is 0 Å². The minimum atomic E-state index is -2.66. The van der Waals surface area contributed by atoms with Gasteiger partial charge in [0.25, 0.3) is 0 Å². The fourth-order valence-corrected chi connectivity index (χ4v) is 6.13. The first-order chi connectivity index (χ1) is 20.5. The Balaban J connectivity index is 1.80. The number of methoxy groups -OCH3 is 4. The van der Waals surface area contributed by atoms with Gasteiger partial charge in [0, 0.05) is 17.9 Å². The molecule has 1 heterocycles. The molecule has 0 saturated heterocycles. The quantitative estimate of drug-likeness (QED) is 0.195. The van der Waals surface area contributed by atoms with Crippen LogP contribution in [0.15, 0.2) is 64.5 Å². The van der Waals surface area contributed by atoms with Gasteiger partial charge in [-0.2, -0.15) is 0 Å². The lowest BCUT2D eigenvalue weighted by molar-refractivity contribution is -0.208. The summed E-state index contributed by atoms with van der Waals surface area (Å²) in [5, 5.41) is 23.5. The van der Waals surface area contributed by atoms with E-state index in [4.69, 9.17) is 28.1 Å². The van der Waals surface area contributed by atoms with Crippen molar-refractivity contribution in [2.24, 2.45) is 23.7 Å². The second-order valence-corrected chi connectivity index (χ2v) is 9.92. The highest BCUT2D eigenvalue weighted by Crippen LogP contribution is 2.60. The number of furan rings is 1. The molecule has 1 aromatic heterocycles. The number of aliphatic hydroxyl groups excluding tert-OH is 1. The molecule has 0 spiro atoms. The Hall–Kier alpha value is -4.91. The molecule has 2 aliphatic carbocycles. The molecule has 1 aromatic carbocycles. The van der Waals surface area contributed by atoms with Crippen LogP contribution in [0.25, 0.3) is 6.08 Å². The van der Waals surface area contributed by atoms with E-state index in [0.29, 0.717) is 11.3 Å². The molecule has 0 aliphatic heterocycles. The van der Waals surface area contributed by atoms with Crippen LogP contribution in [-0.4, -0.2) is 74.1 Å². The number of benzene rings is 1. The van der Waals surface area contributed by atoms with E-state index < -0.39 is 76.4 Å². The zero-order valence-corrected chi connectivity index (χ0v) is 23.7. The molecule has 0 unspecified atom stereocenters. The topological polar surface area (TPSA) is 185 Å². The van der Waals surface area contributed by atoms with Crippen molar-refractivity contribution in [3.05, 3.63) is 71.4 Å². The van der Waals surface area contributed by atoms with Gasteiger partial charge < -0.3 is 38.3 Å². The summed E-state index contributed by atoms with van der Waals surface area (Å²) in [6, 6.07) is 9.24. The zero-order chi connectivity index (χ0) is 31.5. The van der Waals surface area contributed by atoms with Gasteiger partial charge in [-0.1, -0.05) is 12.1 Å². The van der Waals surface area contributed by atoms with E-state index in [1.165, 1.54) is 42.7 Å². The number of carbonyl (C=O) groups excluding carboxylic acids is 5. The van der Waals surface area contributed by atoms with Crippen molar-refractivity contribution in [1.29, 1.82) is 0 Å². The lowest BCUT2D eigenvalue weighted by Crippen LogP contribution is -2.68. The highest BCUT2D eigenvalue weighted by molar-refractivity contribution is 5.96. The summed E-state index contributed by atoms with van der Waals surface area (Å²) >= 11 is 0. The van der Waals surface area contributed by atoms with Crippen LogP contribution in [-0.2, 0) is 42.9 Å². The van der Waals surface area contributed by atoms with Crippen LogP contribution in [0.1, 0.15) is 23.7 Å². The Bertz CT molecular complexity index is 1450. The molecule has 2 aliphatic rings. The lowest BCUT2D eigenvalue weighted by Gasteiger charge is -2.55. The van der Waals surface area contributed by atoms with Crippen molar-refractivity contribution in [2.75, 3.05) is 28.4 Å². The molecule has 0 amide bonds. The van der Waals surface area contributed by atoms with Gasteiger partial charge >= 0.3 is 29.8 Å². The first-order valence-electron chi connectivity index (χ1n) is 13.0. The minimum Gasteiger partial charge on any atom is -0.511 e. The molecular weight excluding hydrogens is 568 g/mol. The van der Waals surface area contributed by atoms with Gasteiger partial charge in [-0.05, 0) is 42.3 Å². The summed E-state index contributed by atoms with van der Waals surface area (Å²) in [7, 11) is 4.13. The summed E-state index contributed by atoms with van der Waals surface area (Å²) < 4.78 is 30.1. The van der Waals surface area contributed by atoms with Crippen molar-refractivity contribution in [3.8, 4) is 5.75 Å². The van der Waals surface area contributed by atoms with Gasteiger partial charge in [-0.25, -0.2) is 9.59 Å². The molecule has 2 aromatic rings. The number of fused-ring (bicyclic) bond motifs is 2. The van der Waals surface area contributed by atoms with E-state index in [1.807, 2.05) is 0 Å². The van der Waals surface area contributed by atoms with Crippen LogP contribution >= 0.6 is 0 Å². The maximum absolute atomic E-state index is 13.4. The number of aliphatic hydroxyl groups is 2. The van der Waals surface area contributed by atoms with Crippen molar-refractivity contribution in [2.45, 2.75) is 17.9 Å². The van der Waals surface area contributed by atoms with Gasteiger partial charge in [0.15, 0.2) is 0 Å². The summed E-state index contributed by atoms with van der Waals surface area (Å²) in [6.07, 6.45) is 3.89. The molecule has 1 saturated carbocycles.